The quantitative estimate of drug-likeness (QED) is 0.695. The summed E-state index contributed by atoms with van der Waals surface area (Å²) in [6, 6.07) is 0. The molecule has 2 heteroatoms. The first-order chi connectivity index (χ1) is 6.20. The first kappa shape index (κ1) is 8.25. The molecule has 0 unspecified atom stereocenters. The molecule has 1 heterocycles. The normalized spacial score (nSPS) is 34.8. The Morgan fingerprint density at radius 1 is 1.08 bits per heavy atom. The van der Waals surface area contributed by atoms with Gasteiger partial charge in [-0.05, 0) is 50.5 Å². The van der Waals surface area contributed by atoms with Gasteiger partial charge < -0.3 is 10.6 Å². The maximum absolute atomic E-state index is 6.25. The molecule has 1 spiro atoms. The van der Waals surface area contributed by atoms with Crippen LogP contribution < -0.4 is 5.73 Å². The highest BCUT2D eigenvalue weighted by atomic mass is 15.2. The van der Waals surface area contributed by atoms with E-state index in [2.05, 4.69) is 4.90 Å². The SMILES string of the molecule is NC1(CN2CCC3(CC3)C2)CCC1. The van der Waals surface area contributed by atoms with E-state index >= 15 is 0 Å². The fraction of sp³-hybridized carbons (Fsp3) is 1.00. The molecule has 2 aliphatic carbocycles. The molecule has 0 radical (unpaired) electrons. The minimum atomic E-state index is 0.209. The van der Waals surface area contributed by atoms with E-state index in [-0.39, 0.29) is 5.54 Å². The molecule has 0 bridgehead atoms. The minimum Gasteiger partial charge on any atom is -0.324 e. The molecular formula is C11H20N2. The fourth-order valence-electron chi connectivity index (χ4n) is 2.98. The maximum Gasteiger partial charge on any atom is 0.0283 e. The third-order valence-corrected chi connectivity index (χ3v) is 4.36. The van der Waals surface area contributed by atoms with Gasteiger partial charge in [-0.3, -0.25) is 0 Å². The maximum atomic E-state index is 6.25. The molecule has 0 atom stereocenters. The molecule has 1 saturated heterocycles. The van der Waals surface area contributed by atoms with Crippen LogP contribution in [0.1, 0.15) is 38.5 Å². The van der Waals surface area contributed by atoms with E-state index < -0.39 is 0 Å². The van der Waals surface area contributed by atoms with Crippen molar-refractivity contribution in [3.8, 4) is 0 Å². The Morgan fingerprint density at radius 3 is 2.31 bits per heavy atom. The summed E-state index contributed by atoms with van der Waals surface area (Å²) in [7, 11) is 0. The van der Waals surface area contributed by atoms with Crippen molar-refractivity contribution in [1.29, 1.82) is 0 Å². The molecule has 1 aliphatic heterocycles. The van der Waals surface area contributed by atoms with Crippen molar-refractivity contribution in [1.82, 2.24) is 4.90 Å². The van der Waals surface area contributed by atoms with E-state index in [4.69, 9.17) is 5.73 Å². The molecular weight excluding hydrogens is 160 g/mol. The van der Waals surface area contributed by atoms with Crippen LogP contribution in [0.25, 0.3) is 0 Å². The standard InChI is InChI=1S/C11H20N2/c12-11(2-1-3-11)9-13-7-6-10(8-13)4-5-10/h1-9,12H2. The van der Waals surface area contributed by atoms with Crippen LogP contribution in [0.2, 0.25) is 0 Å². The predicted octanol–water partition coefficient (Wildman–Crippen LogP) is 1.35. The first-order valence-corrected chi connectivity index (χ1v) is 5.71. The highest BCUT2D eigenvalue weighted by Crippen LogP contribution is 2.53. The van der Waals surface area contributed by atoms with E-state index in [1.807, 2.05) is 0 Å². The zero-order valence-corrected chi connectivity index (χ0v) is 8.39. The predicted molar refractivity (Wildman–Crippen MR) is 53.5 cm³/mol. The van der Waals surface area contributed by atoms with Gasteiger partial charge >= 0.3 is 0 Å². The Balaban J connectivity index is 1.56. The highest BCUT2D eigenvalue weighted by molar-refractivity contribution is 5.03. The van der Waals surface area contributed by atoms with E-state index in [1.165, 1.54) is 58.2 Å². The molecule has 3 fully saturated rings. The van der Waals surface area contributed by atoms with Gasteiger partial charge in [0, 0.05) is 18.6 Å². The lowest BCUT2D eigenvalue weighted by atomic mass is 9.77. The summed E-state index contributed by atoms with van der Waals surface area (Å²) in [5.74, 6) is 0. The summed E-state index contributed by atoms with van der Waals surface area (Å²) in [5, 5.41) is 0. The number of nitrogens with zero attached hydrogens (tertiary/aromatic N) is 1. The summed E-state index contributed by atoms with van der Waals surface area (Å²) in [6.45, 7) is 3.85. The topological polar surface area (TPSA) is 29.3 Å². The van der Waals surface area contributed by atoms with Crippen LogP contribution in [0, 0.1) is 5.41 Å². The number of nitrogens with two attached hydrogens (primary N) is 1. The van der Waals surface area contributed by atoms with Gasteiger partial charge in [-0.25, -0.2) is 0 Å². The van der Waals surface area contributed by atoms with Gasteiger partial charge in [-0.2, -0.15) is 0 Å². The zero-order chi connectivity index (χ0) is 8.94. The van der Waals surface area contributed by atoms with Crippen LogP contribution >= 0.6 is 0 Å². The van der Waals surface area contributed by atoms with Gasteiger partial charge in [0.25, 0.3) is 0 Å². The number of hydrogen-bond acceptors (Lipinski definition) is 2. The molecule has 74 valence electrons. The van der Waals surface area contributed by atoms with Crippen molar-refractivity contribution in [2.45, 2.75) is 44.1 Å². The summed E-state index contributed by atoms with van der Waals surface area (Å²) in [6.07, 6.45) is 8.30. The molecule has 0 aromatic rings. The zero-order valence-electron chi connectivity index (χ0n) is 8.39. The van der Waals surface area contributed by atoms with Crippen molar-refractivity contribution >= 4 is 0 Å². The summed E-state index contributed by atoms with van der Waals surface area (Å²) < 4.78 is 0. The molecule has 0 aromatic heterocycles. The molecule has 2 N–H and O–H groups in total. The van der Waals surface area contributed by atoms with Crippen molar-refractivity contribution in [2.75, 3.05) is 19.6 Å². The lowest BCUT2D eigenvalue weighted by molar-refractivity contribution is 0.160. The Hall–Kier alpha value is -0.0800. The van der Waals surface area contributed by atoms with Crippen molar-refractivity contribution in [3.05, 3.63) is 0 Å². The van der Waals surface area contributed by atoms with E-state index in [0.29, 0.717) is 0 Å². The number of hydrogen-bond donors (Lipinski definition) is 1. The second-order valence-electron chi connectivity index (χ2n) is 5.68. The monoisotopic (exact) mass is 180 g/mol. The molecule has 3 aliphatic rings. The molecule has 0 aromatic carbocycles. The van der Waals surface area contributed by atoms with E-state index in [0.717, 1.165) is 5.41 Å². The average molecular weight is 180 g/mol. The van der Waals surface area contributed by atoms with Gasteiger partial charge in [-0.15, -0.1) is 0 Å². The van der Waals surface area contributed by atoms with Crippen molar-refractivity contribution < 1.29 is 0 Å². The smallest absolute Gasteiger partial charge is 0.0283 e. The van der Waals surface area contributed by atoms with Crippen molar-refractivity contribution in [3.63, 3.8) is 0 Å². The van der Waals surface area contributed by atoms with Gasteiger partial charge in [0.05, 0.1) is 0 Å². The Morgan fingerprint density at radius 2 is 1.85 bits per heavy atom. The van der Waals surface area contributed by atoms with E-state index in [1.54, 1.807) is 0 Å². The summed E-state index contributed by atoms with van der Waals surface area (Å²) >= 11 is 0. The van der Waals surface area contributed by atoms with Crippen LogP contribution in [0.4, 0.5) is 0 Å². The minimum absolute atomic E-state index is 0.209. The van der Waals surface area contributed by atoms with Gasteiger partial charge in [0.1, 0.15) is 0 Å². The van der Waals surface area contributed by atoms with Crippen molar-refractivity contribution in [2.24, 2.45) is 11.1 Å². The second kappa shape index (κ2) is 2.48. The van der Waals surface area contributed by atoms with Crippen LogP contribution in [0.15, 0.2) is 0 Å². The number of rotatable bonds is 2. The lowest BCUT2D eigenvalue weighted by Crippen LogP contribution is -2.54. The third-order valence-electron chi connectivity index (χ3n) is 4.36. The highest BCUT2D eigenvalue weighted by Gasteiger charge is 2.48. The van der Waals surface area contributed by atoms with Crippen LogP contribution in [-0.2, 0) is 0 Å². The first-order valence-electron chi connectivity index (χ1n) is 5.71. The second-order valence-corrected chi connectivity index (χ2v) is 5.68. The Bertz CT molecular complexity index is 216. The van der Waals surface area contributed by atoms with Gasteiger partial charge in [0.2, 0.25) is 0 Å². The summed E-state index contributed by atoms with van der Waals surface area (Å²) in [4.78, 5) is 2.62. The van der Waals surface area contributed by atoms with Crippen LogP contribution in [0.5, 0.6) is 0 Å². The Labute approximate surface area is 80.5 Å². The van der Waals surface area contributed by atoms with E-state index in [9.17, 15) is 0 Å². The molecule has 3 rings (SSSR count). The average Bonchev–Trinajstić information content (AvgIpc) is 2.66. The largest absolute Gasteiger partial charge is 0.324 e. The molecule has 13 heavy (non-hydrogen) atoms. The van der Waals surface area contributed by atoms with Gasteiger partial charge in [-0.1, -0.05) is 0 Å². The number of likely N-dealkylation sites (tertiary alicyclic amines) is 1. The van der Waals surface area contributed by atoms with Crippen LogP contribution in [0.3, 0.4) is 0 Å². The summed E-state index contributed by atoms with van der Waals surface area (Å²) in [5.41, 5.74) is 7.24. The molecule has 0 amide bonds. The third kappa shape index (κ3) is 1.40. The van der Waals surface area contributed by atoms with Gasteiger partial charge in [0.15, 0.2) is 0 Å². The molecule has 2 nitrogen and oxygen atoms in total. The van der Waals surface area contributed by atoms with Crippen LogP contribution in [-0.4, -0.2) is 30.1 Å². The molecule has 2 saturated carbocycles. The Kier molecular flexibility index (Phi) is 1.58. The fourth-order valence-corrected chi connectivity index (χ4v) is 2.98. The lowest BCUT2D eigenvalue weighted by Gasteiger charge is -2.41.